The van der Waals surface area contributed by atoms with Crippen molar-refractivity contribution in [1.82, 2.24) is 14.5 Å². The second kappa shape index (κ2) is 10.9. The third kappa shape index (κ3) is 6.43. The van der Waals surface area contributed by atoms with E-state index in [-0.39, 0.29) is 17.3 Å². The van der Waals surface area contributed by atoms with Crippen LogP contribution in [0.25, 0.3) is 0 Å². The summed E-state index contributed by atoms with van der Waals surface area (Å²) in [5.74, 6) is -0.871. The van der Waals surface area contributed by atoms with Crippen LogP contribution >= 0.6 is 23.2 Å². The Hall–Kier alpha value is -2.13. The first-order chi connectivity index (χ1) is 14.6. The number of rotatable bonds is 9. The lowest BCUT2D eigenvalue weighted by atomic mass is 10.1. The van der Waals surface area contributed by atoms with Crippen LogP contribution in [-0.2, 0) is 26.2 Å². The molecule has 0 bridgehead atoms. The molecule has 0 aromatic heterocycles. The van der Waals surface area contributed by atoms with Crippen LogP contribution in [0.15, 0.2) is 53.4 Å². The fourth-order valence-corrected chi connectivity index (χ4v) is 4.31. The highest BCUT2D eigenvalue weighted by Crippen LogP contribution is 2.20. The first-order valence-electron chi connectivity index (χ1n) is 9.60. The number of carbonyl (C=O) groups is 2. The van der Waals surface area contributed by atoms with Gasteiger partial charge in [-0.25, -0.2) is 8.42 Å². The average Bonchev–Trinajstić information content (AvgIpc) is 2.73. The summed E-state index contributed by atoms with van der Waals surface area (Å²) in [6.07, 6.45) is 0. The van der Waals surface area contributed by atoms with Crippen molar-refractivity contribution in [2.45, 2.75) is 31.3 Å². The Labute approximate surface area is 193 Å². The zero-order valence-corrected chi connectivity index (χ0v) is 19.8. The van der Waals surface area contributed by atoms with E-state index in [1.165, 1.54) is 36.2 Å². The largest absolute Gasteiger partial charge is 0.355 e. The summed E-state index contributed by atoms with van der Waals surface area (Å²) in [6.45, 7) is 3.39. The summed E-state index contributed by atoms with van der Waals surface area (Å²) >= 11 is 12.1. The van der Waals surface area contributed by atoms with Gasteiger partial charge in [-0.2, -0.15) is 4.31 Å². The van der Waals surface area contributed by atoms with Crippen molar-refractivity contribution in [2.75, 3.05) is 20.1 Å². The minimum Gasteiger partial charge on any atom is -0.355 e. The van der Waals surface area contributed by atoms with Crippen molar-refractivity contribution >= 4 is 45.0 Å². The van der Waals surface area contributed by atoms with Gasteiger partial charge in [0.1, 0.15) is 6.04 Å². The van der Waals surface area contributed by atoms with E-state index in [2.05, 4.69) is 5.32 Å². The van der Waals surface area contributed by atoms with Gasteiger partial charge in [-0.3, -0.25) is 9.59 Å². The van der Waals surface area contributed by atoms with Gasteiger partial charge >= 0.3 is 0 Å². The molecule has 1 atom stereocenters. The molecule has 0 aliphatic carbocycles. The average molecular weight is 486 g/mol. The second-order valence-corrected chi connectivity index (χ2v) is 9.79. The van der Waals surface area contributed by atoms with Crippen molar-refractivity contribution < 1.29 is 18.0 Å². The molecule has 0 radical (unpaired) electrons. The van der Waals surface area contributed by atoms with Crippen molar-refractivity contribution in [3.8, 4) is 0 Å². The molecule has 2 aromatic rings. The van der Waals surface area contributed by atoms with Gasteiger partial charge in [0.15, 0.2) is 0 Å². The van der Waals surface area contributed by atoms with E-state index in [0.29, 0.717) is 22.2 Å². The van der Waals surface area contributed by atoms with Crippen LogP contribution in [0, 0.1) is 0 Å². The number of nitrogens with zero attached hydrogens (tertiary/aromatic N) is 2. The van der Waals surface area contributed by atoms with E-state index >= 15 is 0 Å². The Morgan fingerprint density at radius 2 is 1.68 bits per heavy atom. The Morgan fingerprint density at radius 1 is 1.06 bits per heavy atom. The normalized spacial score (nSPS) is 12.5. The molecule has 0 aliphatic rings. The van der Waals surface area contributed by atoms with Crippen LogP contribution < -0.4 is 5.32 Å². The molecule has 2 rings (SSSR count). The van der Waals surface area contributed by atoms with Gasteiger partial charge in [-0.1, -0.05) is 41.4 Å². The lowest BCUT2D eigenvalue weighted by Gasteiger charge is -2.30. The van der Waals surface area contributed by atoms with Gasteiger partial charge in [0.25, 0.3) is 0 Å². The summed E-state index contributed by atoms with van der Waals surface area (Å²) in [7, 11) is -2.61. The molecule has 2 aromatic carbocycles. The number of carbonyl (C=O) groups excluding carboxylic acids is 2. The number of sulfonamides is 1. The predicted octanol–water partition coefficient (Wildman–Crippen LogP) is 3.17. The minimum absolute atomic E-state index is 0.0154. The maximum atomic E-state index is 13.1. The van der Waals surface area contributed by atoms with E-state index in [0.717, 1.165) is 4.31 Å². The number of hydrogen-bond acceptors (Lipinski definition) is 4. The maximum Gasteiger partial charge on any atom is 0.243 e. The molecule has 7 nitrogen and oxygen atoms in total. The molecule has 0 aliphatic heterocycles. The van der Waals surface area contributed by atoms with E-state index in [4.69, 9.17) is 23.2 Å². The minimum atomic E-state index is -3.92. The number of amides is 2. The van der Waals surface area contributed by atoms with Crippen LogP contribution in [-0.4, -0.2) is 55.6 Å². The van der Waals surface area contributed by atoms with Gasteiger partial charge in [-0.05, 0) is 49.7 Å². The van der Waals surface area contributed by atoms with Crippen LogP contribution in [0.3, 0.4) is 0 Å². The zero-order valence-electron chi connectivity index (χ0n) is 17.5. The number of benzene rings is 2. The van der Waals surface area contributed by atoms with Gasteiger partial charge in [0.2, 0.25) is 21.8 Å². The molecule has 0 heterocycles. The Balaban J connectivity index is 2.28. The third-order valence-electron chi connectivity index (χ3n) is 4.70. The highest BCUT2D eigenvalue weighted by Gasteiger charge is 2.30. The summed E-state index contributed by atoms with van der Waals surface area (Å²) in [6, 6.07) is 11.8. The van der Waals surface area contributed by atoms with Crippen molar-refractivity contribution in [2.24, 2.45) is 0 Å². The molecule has 0 fully saturated rings. The summed E-state index contributed by atoms with van der Waals surface area (Å²) in [4.78, 5) is 26.9. The molecule has 0 saturated carbocycles. The van der Waals surface area contributed by atoms with E-state index in [9.17, 15) is 18.0 Å². The quantitative estimate of drug-likeness (QED) is 0.590. The number of nitrogens with one attached hydrogen (secondary N) is 1. The van der Waals surface area contributed by atoms with Crippen LogP contribution in [0.4, 0.5) is 0 Å². The number of likely N-dealkylation sites (N-methyl/N-ethyl adjacent to an activating group) is 2. The Kier molecular flexibility index (Phi) is 8.88. The molecular formula is C21H25Cl2N3O4S. The smallest absolute Gasteiger partial charge is 0.243 e. The highest BCUT2D eigenvalue weighted by atomic mass is 35.5. The van der Waals surface area contributed by atoms with Crippen LogP contribution in [0.5, 0.6) is 0 Å². The molecule has 2 amide bonds. The maximum absolute atomic E-state index is 13.1. The summed E-state index contributed by atoms with van der Waals surface area (Å²) in [5.41, 5.74) is 0.650. The van der Waals surface area contributed by atoms with Crippen molar-refractivity contribution in [3.63, 3.8) is 0 Å². The van der Waals surface area contributed by atoms with Crippen LogP contribution in [0.2, 0.25) is 10.0 Å². The second-order valence-electron chi connectivity index (χ2n) is 6.90. The molecule has 31 heavy (non-hydrogen) atoms. The number of hydrogen-bond donors (Lipinski definition) is 1. The molecule has 0 saturated heterocycles. The Morgan fingerprint density at radius 3 is 2.26 bits per heavy atom. The summed E-state index contributed by atoms with van der Waals surface area (Å²) < 4.78 is 26.6. The molecule has 168 valence electrons. The van der Waals surface area contributed by atoms with Gasteiger partial charge in [-0.15, -0.1) is 0 Å². The third-order valence-corrected chi connectivity index (χ3v) is 7.13. The lowest BCUT2D eigenvalue weighted by molar-refractivity contribution is -0.140. The van der Waals surface area contributed by atoms with E-state index in [1.54, 1.807) is 38.1 Å². The topological polar surface area (TPSA) is 86.8 Å². The monoisotopic (exact) mass is 485 g/mol. The first kappa shape index (κ1) is 25.1. The molecule has 0 spiro atoms. The Bertz CT molecular complexity index is 1030. The molecular weight excluding hydrogens is 461 g/mol. The summed E-state index contributed by atoms with van der Waals surface area (Å²) in [5, 5.41) is 3.54. The van der Waals surface area contributed by atoms with E-state index < -0.39 is 28.5 Å². The van der Waals surface area contributed by atoms with Gasteiger partial charge < -0.3 is 10.2 Å². The SMILES string of the molecule is CCNC(=O)C(C)N(Cc1ccccc1Cl)C(=O)CN(C)S(=O)(=O)c1ccc(Cl)cc1. The molecule has 10 heteroatoms. The fraction of sp³-hybridized carbons (Fsp3) is 0.333. The van der Waals surface area contributed by atoms with Crippen LogP contribution in [0.1, 0.15) is 19.4 Å². The first-order valence-corrected chi connectivity index (χ1v) is 11.8. The predicted molar refractivity (Wildman–Crippen MR) is 121 cm³/mol. The van der Waals surface area contributed by atoms with Crippen molar-refractivity contribution in [3.05, 3.63) is 64.1 Å². The van der Waals surface area contributed by atoms with Gasteiger partial charge in [0, 0.05) is 30.2 Å². The van der Waals surface area contributed by atoms with E-state index in [1.807, 2.05) is 0 Å². The molecule has 1 N–H and O–H groups in total. The number of halogens is 2. The lowest BCUT2D eigenvalue weighted by Crippen LogP contribution is -2.50. The highest BCUT2D eigenvalue weighted by molar-refractivity contribution is 7.89. The standard InChI is InChI=1S/C21H25Cl2N3O4S/c1-4-24-21(28)15(2)26(13-16-7-5-6-8-19(16)23)20(27)14-25(3)31(29,30)18-11-9-17(22)10-12-18/h5-12,15H,4,13-14H2,1-3H3,(H,24,28). The fourth-order valence-electron chi connectivity index (χ4n) is 2.87. The van der Waals surface area contributed by atoms with Gasteiger partial charge in [0.05, 0.1) is 11.4 Å². The van der Waals surface area contributed by atoms with Crippen molar-refractivity contribution in [1.29, 1.82) is 0 Å². The zero-order chi connectivity index (χ0) is 23.2. The molecule has 1 unspecified atom stereocenters.